The van der Waals surface area contributed by atoms with Gasteiger partial charge in [0.15, 0.2) is 0 Å². The summed E-state index contributed by atoms with van der Waals surface area (Å²) < 4.78 is 53.3. The molecule has 1 rings (SSSR count). The van der Waals surface area contributed by atoms with E-state index >= 15 is 0 Å². The Balaban J connectivity index is 2.49. The molecule has 1 fully saturated rings. The van der Waals surface area contributed by atoms with Crippen molar-refractivity contribution in [2.75, 3.05) is 19.7 Å². The van der Waals surface area contributed by atoms with E-state index in [9.17, 15) is 22.4 Å². The summed E-state index contributed by atoms with van der Waals surface area (Å²) in [6.07, 6.45) is -4.30. The van der Waals surface area contributed by atoms with Crippen LogP contribution in [0.4, 0.5) is 17.6 Å². The molecule has 0 radical (unpaired) electrons. The van der Waals surface area contributed by atoms with Gasteiger partial charge in [0.1, 0.15) is 12.2 Å². The van der Waals surface area contributed by atoms with Crippen LogP contribution in [0.5, 0.6) is 0 Å². The zero-order valence-corrected chi connectivity index (χ0v) is 8.18. The summed E-state index contributed by atoms with van der Waals surface area (Å²) >= 11 is 0. The van der Waals surface area contributed by atoms with Crippen molar-refractivity contribution in [3.63, 3.8) is 0 Å². The molecule has 94 valence electrons. The Morgan fingerprint density at radius 1 is 1.50 bits per heavy atom. The molecule has 1 saturated heterocycles. The second kappa shape index (κ2) is 4.54. The molecule has 0 aromatic heterocycles. The third kappa shape index (κ3) is 3.05. The highest BCUT2D eigenvalue weighted by Crippen LogP contribution is 2.28. The molecule has 0 aromatic carbocycles. The Bertz CT molecular complexity index is 268. The van der Waals surface area contributed by atoms with Crippen molar-refractivity contribution in [2.45, 2.75) is 24.4 Å². The Hall–Kier alpha value is -0.890. The van der Waals surface area contributed by atoms with Crippen LogP contribution in [0, 0.1) is 0 Å². The van der Waals surface area contributed by atoms with Crippen LogP contribution in [0.3, 0.4) is 0 Å². The van der Waals surface area contributed by atoms with Gasteiger partial charge in [-0.25, -0.2) is 8.78 Å². The Morgan fingerprint density at radius 3 is 2.38 bits per heavy atom. The molecule has 0 unspecified atom stereocenters. The van der Waals surface area contributed by atoms with Gasteiger partial charge in [-0.05, 0) is 0 Å². The number of carbonyl (C=O) groups is 1. The zero-order valence-electron chi connectivity index (χ0n) is 8.18. The number of carboxylic acid groups (broad SMARTS) is 1. The SMILES string of the molecule is O=C(O)CC1(OCC(F)(F)C(F)F)CNC1. The first-order valence-electron chi connectivity index (χ1n) is 4.50. The van der Waals surface area contributed by atoms with E-state index in [4.69, 9.17) is 5.11 Å². The molecule has 1 heterocycles. The summed E-state index contributed by atoms with van der Waals surface area (Å²) in [5.74, 6) is -5.47. The van der Waals surface area contributed by atoms with E-state index in [-0.39, 0.29) is 13.1 Å². The largest absolute Gasteiger partial charge is 0.481 e. The first kappa shape index (κ1) is 13.2. The van der Waals surface area contributed by atoms with E-state index < -0.39 is 36.9 Å². The minimum Gasteiger partial charge on any atom is -0.481 e. The zero-order chi connectivity index (χ0) is 12.4. The van der Waals surface area contributed by atoms with E-state index in [2.05, 4.69) is 10.1 Å². The third-order valence-corrected chi connectivity index (χ3v) is 2.26. The maximum absolute atomic E-state index is 12.5. The molecule has 0 atom stereocenters. The first-order chi connectivity index (χ1) is 7.27. The average Bonchev–Trinajstić information content (AvgIpc) is 2.08. The van der Waals surface area contributed by atoms with Gasteiger partial charge in [-0.3, -0.25) is 4.79 Å². The first-order valence-corrected chi connectivity index (χ1v) is 4.50. The second-order valence-corrected chi connectivity index (χ2v) is 3.71. The molecule has 0 spiro atoms. The van der Waals surface area contributed by atoms with Gasteiger partial charge < -0.3 is 15.2 Å². The normalized spacial score (nSPS) is 19.6. The monoisotopic (exact) mass is 245 g/mol. The number of halogens is 4. The van der Waals surface area contributed by atoms with Gasteiger partial charge in [-0.2, -0.15) is 8.78 Å². The fourth-order valence-electron chi connectivity index (χ4n) is 1.27. The summed E-state index contributed by atoms with van der Waals surface area (Å²) in [7, 11) is 0. The lowest BCUT2D eigenvalue weighted by molar-refractivity contribution is -0.207. The predicted molar refractivity (Wildman–Crippen MR) is 44.8 cm³/mol. The highest BCUT2D eigenvalue weighted by molar-refractivity contribution is 5.68. The summed E-state index contributed by atoms with van der Waals surface area (Å²) in [6, 6.07) is 0. The predicted octanol–water partition coefficient (Wildman–Crippen LogP) is 0.720. The van der Waals surface area contributed by atoms with E-state index in [1.807, 2.05) is 0 Å². The van der Waals surface area contributed by atoms with Crippen molar-refractivity contribution >= 4 is 5.97 Å². The molecular weight excluding hydrogens is 234 g/mol. The number of alkyl halides is 4. The van der Waals surface area contributed by atoms with E-state index in [1.54, 1.807) is 0 Å². The van der Waals surface area contributed by atoms with Crippen LogP contribution in [0.25, 0.3) is 0 Å². The summed E-state index contributed by atoms with van der Waals surface area (Å²) in [4.78, 5) is 10.4. The Kier molecular flexibility index (Phi) is 3.74. The van der Waals surface area contributed by atoms with E-state index in [0.717, 1.165) is 0 Å². The number of aliphatic carboxylic acids is 1. The molecular formula is C8H11F4NO3. The molecule has 2 N–H and O–H groups in total. The van der Waals surface area contributed by atoms with Gasteiger partial charge in [0.2, 0.25) is 0 Å². The minimum atomic E-state index is -4.25. The highest BCUT2D eigenvalue weighted by atomic mass is 19.3. The van der Waals surface area contributed by atoms with Crippen LogP contribution < -0.4 is 5.32 Å². The van der Waals surface area contributed by atoms with Gasteiger partial charge in [-0.15, -0.1) is 0 Å². The van der Waals surface area contributed by atoms with Gasteiger partial charge in [0, 0.05) is 13.1 Å². The van der Waals surface area contributed by atoms with Gasteiger partial charge in [0.25, 0.3) is 0 Å². The fraction of sp³-hybridized carbons (Fsp3) is 0.875. The molecule has 1 aliphatic heterocycles. The van der Waals surface area contributed by atoms with Crippen LogP contribution in [-0.4, -0.2) is 48.7 Å². The van der Waals surface area contributed by atoms with Crippen LogP contribution >= 0.6 is 0 Å². The van der Waals surface area contributed by atoms with Crippen molar-refractivity contribution in [1.29, 1.82) is 0 Å². The number of nitrogens with one attached hydrogen (secondary N) is 1. The van der Waals surface area contributed by atoms with E-state index in [1.165, 1.54) is 0 Å². The molecule has 1 aliphatic rings. The lowest BCUT2D eigenvalue weighted by atomic mass is 9.92. The second-order valence-electron chi connectivity index (χ2n) is 3.71. The number of carboxylic acids is 1. The molecule has 8 heteroatoms. The Morgan fingerprint density at radius 2 is 2.06 bits per heavy atom. The van der Waals surface area contributed by atoms with Crippen molar-refractivity contribution in [3.8, 4) is 0 Å². The quantitative estimate of drug-likeness (QED) is 0.677. The summed E-state index contributed by atoms with van der Waals surface area (Å²) in [5, 5.41) is 11.2. The van der Waals surface area contributed by atoms with Crippen LogP contribution in [0.1, 0.15) is 6.42 Å². The lowest BCUT2D eigenvalue weighted by Gasteiger charge is -2.41. The number of ether oxygens (including phenoxy) is 1. The molecule has 0 aromatic rings. The molecule has 0 amide bonds. The number of rotatable bonds is 6. The molecule has 0 aliphatic carbocycles. The van der Waals surface area contributed by atoms with Crippen molar-refractivity contribution in [3.05, 3.63) is 0 Å². The minimum absolute atomic E-state index is 0.0681. The Labute approximate surface area is 88.6 Å². The van der Waals surface area contributed by atoms with Crippen molar-refractivity contribution in [2.24, 2.45) is 0 Å². The summed E-state index contributed by atoms with van der Waals surface area (Å²) in [5.41, 5.74) is -1.29. The maximum atomic E-state index is 12.5. The molecule has 16 heavy (non-hydrogen) atoms. The standard InChI is InChI=1S/C8H11F4NO3/c9-6(10)8(11,12)4-16-7(1-5(14)15)2-13-3-7/h6,13H,1-4H2,(H,14,15). The van der Waals surface area contributed by atoms with Crippen LogP contribution in [-0.2, 0) is 9.53 Å². The molecule has 0 bridgehead atoms. The van der Waals surface area contributed by atoms with Crippen molar-refractivity contribution < 1.29 is 32.2 Å². The van der Waals surface area contributed by atoms with Gasteiger partial charge in [0.05, 0.1) is 6.42 Å². The summed E-state index contributed by atoms with van der Waals surface area (Å²) in [6.45, 7) is -1.34. The van der Waals surface area contributed by atoms with Crippen LogP contribution in [0.15, 0.2) is 0 Å². The fourth-order valence-corrected chi connectivity index (χ4v) is 1.27. The lowest BCUT2D eigenvalue weighted by Crippen LogP contribution is -2.63. The molecule has 4 nitrogen and oxygen atoms in total. The number of hydrogen-bond acceptors (Lipinski definition) is 3. The number of hydrogen-bond donors (Lipinski definition) is 2. The maximum Gasteiger partial charge on any atom is 0.330 e. The molecule has 0 saturated carbocycles. The van der Waals surface area contributed by atoms with Gasteiger partial charge in [-0.1, -0.05) is 0 Å². The highest BCUT2D eigenvalue weighted by Gasteiger charge is 2.47. The van der Waals surface area contributed by atoms with Crippen molar-refractivity contribution in [1.82, 2.24) is 5.32 Å². The average molecular weight is 245 g/mol. The third-order valence-electron chi connectivity index (χ3n) is 2.26. The topological polar surface area (TPSA) is 58.6 Å². The van der Waals surface area contributed by atoms with E-state index in [0.29, 0.717) is 0 Å². The van der Waals surface area contributed by atoms with Gasteiger partial charge >= 0.3 is 18.3 Å². The smallest absolute Gasteiger partial charge is 0.330 e. The van der Waals surface area contributed by atoms with Crippen LogP contribution in [0.2, 0.25) is 0 Å².